The molecule has 0 unspecified atom stereocenters. The van der Waals surface area contributed by atoms with Crippen molar-refractivity contribution in [3.05, 3.63) is 35.9 Å². The smallest absolute Gasteiger partial charge is 0.167 e. The van der Waals surface area contributed by atoms with E-state index in [2.05, 4.69) is 70.3 Å². The van der Waals surface area contributed by atoms with E-state index in [1.54, 1.807) is 0 Å². The van der Waals surface area contributed by atoms with E-state index in [4.69, 9.17) is 4.43 Å². The first-order valence-electron chi connectivity index (χ1n) is 7.69. The van der Waals surface area contributed by atoms with Crippen molar-refractivity contribution < 1.29 is 4.43 Å². The molecule has 1 aromatic rings. The lowest BCUT2D eigenvalue weighted by molar-refractivity contribution is 0.0447. The van der Waals surface area contributed by atoms with Crippen molar-refractivity contribution in [3.8, 4) is 0 Å². The molecule has 1 fully saturated rings. The maximum absolute atomic E-state index is 6.43. The number of rotatable bonds is 4. The van der Waals surface area contributed by atoms with Gasteiger partial charge < -0.3 is 9.74 Å². The molecule has 1 aliphatic rings. The van der Waals surface area contributed by atoms with E-state index in [9.17, 15) is 0 Å². The Kier molecular flexibility index (Phi) is 4.72. The van der Waals surface area contributed by atoms with Crippen molar-refractivity contribution in [1.29, 1.82) is 0 Å². The second kappa shape index (κ2) is 6.00. The predicted molar refractivity (Wildman–Crippen MR) is 89.0 cm³/mol. The average Bonchev–Trinajstić information content (AvgIpc) is 2.87. The molecule has 0 amide bonds. The molecule has 1 aliphatic heterocycles. The van der Waals surface area contributed by atoms with Crippen molar-refractivity contribution in [3.63, 3.8) is 0 Å². The van der Waals surface area contributed by atoms with Crippen LogP contribution in [0.3, 0.4) is 0 Å². The van der Waals surface area contributed by atoms with E-state index in [0.717, 1.165) is 13.1 Å². The fraction of sp³-hybridized carbons (Fsp3) is 0.647. The summed E-state index contributed by atoms with van der Waals surface area (Å²) < 4.78 is 6.43. The lowest BCUT2D eigenvalue weighted by atomic mass is 9.79. The molecule has 1 heterocycles. The van der Waals surface area contributed by atoms with Crippen LogP contribution < -0.4 is 5.32 Å². The molecular formula is C17H29NOSi. The van der Waals surface area contributed by atoms with E-state index in [0.29, 0.717) is 16.9 Å². The molecule has 2 atom stereocenters. The van der Waals surface area contributed by atoms with Crippen LogP contribution in [0, 0.1) is 5.92 Å². The SMILES string of the molecule is CC(C)(C)[SiH2]OC(C)(C)[C@H]1CNC[C@@H]1c1ccccc1. The molecule has 0 aliphatic carbocycles. The van der Waals surface area contributed by atoms with Gasteiger partial charge in [0.2, 0.25) is 0 Å². The molecule has 20 heavy (non-hydrogen) atoms. The van der Waals surface area contributed by atoms with Gasteiger partial charge in [0.05, 0.1) is 5.60 Å². The molecule has 0 aromatic heterocycles. The fourth-order valence-corrected chi connectivity index (χ4v) is 3.99. The summed E-state index contributed by atoms with van der Waals surface area (Å²) >= 11 is 0. The summed E-state index contributed by atoms with van der Waals surface area (Å²) in [6.07, 6.45) is 0. The summed E-state index contributed by atoms with van der Waals surface area (Å²) in [6.45, 7) is 13.5. The molecule has 1 aromatic carbocycles. The monoisotopic (exact) mass is 291 g/mol. The second-order valence-corrected chi connectivity index (χ2v) is 10.4. The van der Waals surface area contributed by atoms with Gasteiger partial charge in [0, 0.05) is 24.9 Å². The first-order chi connectivity index (χ1) is 9.30. The normalized spacial score (nSPS) is 24.6. The highest BCUT2D eigenvalue weighted by Gasteiger charge is 2.40. The number of hydrogen-bond donors (Lipinski definition) is 1. The third-order valence-corrected chi connectivity index (χ3v) is 5.97. The van der Waals surface area contributed by atoms with Gasteiger partial charge in [0.1, 0.15) is 0 Å². The number of benzene rings is 1. The predicted octanol–water partition coefficient (Wildman–Crippen LogP) is 3.09. The molecule has 2 rings (SSSR count). The largest absolute Gasteiger partial charge is 0.418 e. The van der Waals surface area contributed by atoms with Crippen LogP contribution >= 0.6 is 0 Å². The summed E-state index contributed by atoms with van der Waals surface area (Å²) in [5, 5.41) is 3.91. The zero-order chi connectivity index (χ0) is 14.8. The summed E-state index contributed by atoms with van der Waals surface area (Å²) in [5.74, 6) is 1.12. The summed E-state index contributed by atoms with van der Waals surface area (Å²) in [6, 6.07) is 10.9. The van der Waals surface area contributed by atoms with Crippen molar-refractivity contribution in [1.82, 2.24) is 5.32 Å². The van der Waals surface area contributed by atoms with Gasteiger partial charge in [-0.05, 0) is 24.4 Å². The first-order valence-corrected chi connectivity index (χ1v) is 8.98. The zero-order valence-electron chi connectivity index (χ0n) is 13.6. The number of hydrogen-bond acceptors (Lipinski definition) is 2. The van der Waals surface area contributed by atoms with Gasteiger partial charge in [-0.1, -0.05) is 51.1 Å². The maximum Gasteiger partial charge on any atom is 0.167 e. The van der Waals surface area contributed by atoms with Crippen LogP contribution in [-0.4, -0.2) is 28.5 Å². The van der Waals surface area contributed by atoms with Gasteiger partial charge in [-0.2, -0.15) is 0 Å². The molecule has 0 radical (unpaired) electrons. The summed E-state index contributed by atoms with van der Waals surface area (Å²) in [4.78, 5) is 0. The minimum absolute atomic E-state index is 0.0382. The van der Waals surface area contributed by atoms with Crippen LogP contribution in [-0.2, 0) is 4.43 Å². The molecule has 1 saturated heterocycles. The topological polar surface area (TPSA) is 21.3 Å². The highest BCUT2D eigenvalue weighted by atomic mass is 28.2. The Labute approximate surface area is 126 Å². The van der Waals surface area contributed by atoms with Crippen LogP contribution in [0.2, 0.25) is 5.04 Å². The maximum atomic E-state index is 6.43. The second-order valence-electron chi connectivity index (χ2n) is 7.73. The van der Waals surface area contributed by atoms with Gasteiger partial charge in [-0.15, -0.1) is 0 Å². The summed E-state index contributed by atoms with van der Waals surface area (Å²) in [5.41, 5.74) is 1.40. The van der Waals surface area contributed by atoms with Gasteiger partial charge in [0.15, 0.2) is 9.76 Å². The van der Waals surface area contributed by atoms with Crippen LogP contribution in [0.15, 0.2) is 30.3 Å². The Balaban J connectivity index is 2.10. The molecular weight excluding hydrogens is 262 g/mol. The van der Waals surface area contributed by atoms with Crippen LogP contribution in [0.4, 0.5) is 0 Å². The van der Waals surface area contributed by atoms with Crippen molar-refractivity contribution >= 4 is 9.76 Å². The Hall–Kier alpha value is -0.643. The van der Waals surface area contributed by atoms with Gasteiger partial charge in [0.25, 0.3) is 0 Å². The minimum Gasteiger partial charge on any atom is -0.418 e. The van der Waals surface area contributed by atoms with Crippen LogP contribution in [0.5, 0.6) is 0 Å². The highest BCUT2D eigenvalue weighted by Crippen LogP contribution is 2.38. The van der Waals surface area contributed by atoms with E-state index < -0.39 is 9.76 Å². The molecule has 112 valence electrons. The fourth-order valence-electron chi connectivity index (χ4n) is 2.97. The highest BCUT2D eigenvalue weighted by molar-refractivity contribution is 6.31. The van der Waals surface area contributed by atoms with Gasteiger partial charge in [-0.25, -0.2) is 0 Å². The quantitative estimate of drug-likeness (QED) is 0.861. The molecule has 1 N–H and O–H groups in total. The van der Waals surface area contributed by atoms with Gasteiger partial charge in [-0.3, -0.25) is 0 Å². The average molecular weight is 292 g/mol. The zero-order valence-corrected chi connectivity index (χ0v) is 15.0. The third kappa shape index (κ3) is 3.93. The van der Waals surface area contributed by atoms with Crippen LogP contribution in [0.1, 0.15) is 46.1 Å². The van der Waals surface area contributed by atoms with E-state index in [1.807, 2.05) is 0 Å². The lowest BCUT2D eigenvalue weighted by Gasteiger charge is -2.38. The molecule has 2 nitrogen and oxygen atoms in total. The van der Waals surface area contributed by atoms with Crippen LogP contribution in [0.25, 0.3) is 0 Å². The molecule has 0 saturated carbocycles. The van der Waals surface area contributed by atoms with Crippen molar-refractivity contribution in [2.45, 2.75) is 51.2 Å². The number of nitrogens with one attached hydrogen (secondary N) is 1. The molecule has 3 heteroatoms. The third-order valence-electron chi connectivity index (χ3n) is 4.21. The van der Waals surface area contributed by atoms with Gasteiger partial charge >= 0.3 is 0 Å². The molecule has 0 spiro atoms. The van der Waals surface area contributed by atoms with E-state index >= 15 is 0 Å². The Morgan fingerprint density at radius 1 is 1.05 bits per heavy atom. The standard InChI is InChI=1S/C17H29NOSi/c1-16(2,3)20-19-17(4,5)15-12-18-11-14(15)13-9-7-6-8-10-13/h6-10,14-15,18H,11-12,20H2,1-5H3/t14-,15+/m1/s1. The lowest BCUT2D eigenvalue weighted by Crippen LogP contribution is -2.40. The molecule has 0 bridgehead atoms. The Morgan fingerprint density at radius 2 is 1.70 bits per heavy atom. The van der Waals surface area contributed by atoms with Crippen molar-refractivity contribution in [2.24, 2.45) is 5.92 Å². The van der Waals surface area contributed by atoms with E-state index in [1.165, 1.54) is 5.56 Å². The minimum atomic E-state index is -0.518. The summed E-state index contributed by atoms with van der Waals surface area (Å²) in [7, 11) is -0.518. The van der Waals surface area contributed by atoms with Crippen molar-refractivity contribution in [2.75, 3.05) is 13.1 Å². The Morgan fingerprint density at radius 3 is 2.30 bits per heavy atom. The van der Waals surface area contributed by atoms with E-state index in [-0.39, 0.29) is 5.60 Å². The Bertz CT molecular complexity index is 424. The first kappa shape index (κ1) is 15.7.